The van der Waals surface area contributed by atoms with Crippen LogP contribution in [-0.2, 0) is 0 Å². The van der Waals surface area contributed by atoms with Crippen LogP contribution in [0.4, 0.5) is 5.69 Å². The molecular weight excluding hydrogens is 609 g/mol. The third-order valence-corrected chi connectivity index (χ3v) is 11.0. The summed E-state index contributed by atoms with van der Waals surface area (Å²) in [6.45, 7) is 0. The molecule has 0 saturated heterocycles. The van der Waals surface area contributed by atoms with Crippen molar-refractivity contribution in [2.45, 2.75) is 6.17 Å². The fraction of sp³-hybridized carbons (Fsp3) is 0.0217. The first-order chi connectivity index (χ1) is 24.8. The van der Waals surface area contributed by atoms with Crippen LogP contribution in [0.5, 0.6) is 0 Å². The molecule has 0 radical (unpaired) electrons. The highest BCUT2D eigenvalue weighted by atomic mass is 15.2. The van der Waals surface area contributed by atoms with Gasteiger partial charge in [0.2, 0.25) is 0 Å². The van der Waals surface area contributed by atoms with Gasteiger partial charge < -0.3 is 14.3 Å². The zero-order valence-electron chi connectivity index (χ0n) is 26.9. The first-order valence-electron chi connectivity index (χ1n) is 17.3. The Hall–Kier alpha value is -6.65. The Morgan fingerprint density at radius 3 is 2.04 bits per heavy atom. The second kappa shape index (κ2) is 9.49. The second-order valence-electron chi connectivity index (χ2n) is 13.6. The molecule has 0 amide bonds. The second-order valence-corrected chi connectivity index (χ2v) is 13.6. The van der Waals surface area contributed by atoms with Crippen LogP contribution < -0.4 is 5.32 Å². The van der Waals surface area contributed by atoms with Gasteiger partial charge in [0.15, 0.2) is 0 Å². The van der Waals surface area contributed by atoms with Crippen LogP contribution in [0, 0.1) is 0 Å². The van der Waals surface area contributed by atoms with Crippen molar-refractivity contribution in [1.29, 1.82) is 0 Å². The number of aliphatic imine (C=N–C) groups is 1. The maximum absolute atomic E-state index is 5.23. The summed E-state index contributed by atoms with van der Waals surface area (Å²) in [5.41, 5.74) is 9.45. The Balaban J connectivity index is 1.23. The molecule has 8 aromatic carbocycles. The van der Waals surface area contributed by atoms with Gasteiger partial charge in [-0.15, -0.1) is 0 Å². The van der Waals surface area contributed by atoms with Gasteiger partial charge in [-0.1, -0.05) is 127 Å². The van der Waals surface area contributed by atoms with Gasteiger partial charge in [-0.25, -0.2) is 4.99 Å². The van der Waals surface area contributed by atoms with Gasteiger partial charge in [0.25, 0.3) is 0 Å². The third kappa shape index (κ3) is 3.32. The zero-order chi connectivity index (χ0) is 32.5. The summed E-state index contributed by atoms with van der Waals surface area (Å²) in [5, 5.41) is 16.6. The van der Waals surface area contributed by atoms with E-state index in [0.717, 1.165) is 22.6 Å². The fourth-order valence-electron chi connectivity index (χ4n) is 8.93. The molecule has 0 aliphatic carbocycles. The highest BCUT2D eigenvalue weighted by Gasteiger charge is 2.30. The molecule has 1 unspecified atom stereocenters. The number of nitrogens with zero attached hydrogens (tertiary/aromatic N) is 3. The Labute approximate surface area is 286 Å². The lowest BCUT2D eigenvalue weighted by Crippen LogP contribution is -2.36. The van der Waals surface area contributed by atoms with Crippen molar-refractivity contribution in [3.05, 3.63) is 169 Å². The fourth-order valence-corrected chi connectivity index (χ4v) is 8.93. The van der Waals surface area contributed by atoms with Gasteiger partial charge in [0, 0.05) is 48.8 Å². The number of amidine groups is 1. The molecule has 1 aliphatic rings. The van der Waals surface area contributed by atoms with Crippen molar-refractivity contribution in [1.82, 2.24) is 14.3 Å². The molecule has 0 spiro atoms. The smallest absolute Gasteiger partial charge is 0.135 e. The summed E-state index contributed by atoms with van der Waals surface area (Å²) in [5.74, 6) is 0.879. The highest BCUT2D eigenvalue weighted by Crippen LogP contribution is 2.48. The van der Waals surface area contributed by atoms with E-state index in [1.54, 1.807) is 0 Å². The molecule has 12 rings (SSSR count). The number of benzene rings is 8. The van der Waals surface area contributed by atoms with E-state index >= 15 is 0 Å². The van der Waals surface area contributed by atoms with Crippen LogP contribution >= 0.6 is 0 Å². The topological polar surface area (TPSA) is 33.7 Å². The largest absolute Gasteiger partial charge is 0.345 e. The van der Waals surface area contributed by atoms with E-state index in [1.807, 2.05) is 0 Å². The van der Waals surface area contributed by atoms with E-state index in [4.69, 9.17) is 4.99 Å². The van der Waals surface area contributed by atoms with Crippen LogP contribution in [0.25, 0.3) is 81.4 Å². The Morgan fingerprint density at radius 1 is 0.460 bits per heavy atom. The van der Waals surface area contributed by atoms with Crippen LogP contribution in [0.2, 0.25) is 0 Å². The lowest BCUT2D eigenvalue weighted by atomic mass is 10.0. The summed E-state index contributed by atoms with van der Waals surface area (Å²) >= 11 is 0. The zero-order valence-corrected chi connectivity index (χ0v) is 26.9. The summed E-state index contributed by atoms with van der Waals surface area (Å²) in [4.78, 5) is 5.23. The van der Waals surface area contributed by atoms with Gasteiger partial charge in [-0.2, -0.15) is 0 Å². The van der Waals surface area contributed by atoms with Crippen molar-refractivity contribution in [3.8, 4) is 0 Å². The number of aromatic nitrogens is 2. The molecule has 1 atom stereocenters. The highest BCUT2D eigenvalue weighted by molar-refractivity contribution is 6.35. The molecule has 4 heteroatoms. The lowest BCUT2D eigenvalue weighted by Gasteiger charge is -2.30. The summed E-state index contributed by atoms with van der Waals surface area (Å²) in [6.07, 6.45) is -0.187. The molecule has 0 fully saturated rings. The van der Waals surface area contributed by atoms with Crippen molar-refractivity contribution in [3.63, 3.8) is 0 Å². The van der Waals surface area contributed by atoms with Crippen LogP contribution in [0.1, 0.15) is 17.3 Å². The van der Waals surface area contributed by atoms with Gasteiger partial charge >= 0.3 is 0 Å². The van der Waals surface area contributed by atoms with E-state index in [0.29, 0.717) is 0 Å². The minimum Gasteiger partial charge on any atom is -0.345 e. The summed E-state index contributed by atoms with van der Waals surface area (Å²) < 4.78 is 5.08. The number of hydrogen-bond donors (Lipinski definition) is 1. The molecule has 1 aliphatic heterocycles. The minimum absolute atomic E-state index is 0.187. The molecule has 11 aromatic rings. The van der Waals surface area contributed by atoms with Crippen molar-refractivity contribution in [2.24, 2.45) is 4.99 Å². The number of hydrogen-bond acceptors (Lipinski definition) is 2. The van der Waals surface area contributed by atoms with Crippen molar-refractivity contribution >= 4 is 93.0 Å². The van der Waals surface area contributed by atoms with E-state index in [1.165, 1.54) is 81.4 Å². The molecule has 3 aromatic heterocycles. The lowest BCUT2D eigenvalue weighted by molar-refractivity contribution is 0.579. The van der Waals surface area contributed by atoms with Gasteiger partial charge in [0.1, 0.15) is 12.0 Å². The number of nitrogens with one attached hydrogen (secondary N) is 1. The predicted octanol–water partition coefficient (Wildman–Crippen LogP) is 11.5. The SMILES string of the molecule is c1ccc2c(c1)N=C(c1ccc3ccccc3c1)NC2n1c2ccccc2c2cc3c4ccc5ccccc5c4n4c5ccccc5c(c21)c34. The Morgan fingerprint density at radius 2 is 1.14 bits per heavy atom. The van der Waals surface area contributed by atoms with E-state index in [-0.39, 0.29) is 6.17 Å². The molecule has 4 nitrogen and oxygen atoms in total. The van der Waals surface area contributed by atoms with Crippen LogP contribution in [0.3, 0.4) is 0 Å². The first-order valence-corrected chi connectivity index (χ1v) is 17.3. The van der Waals surface area contributed by atoms with Gasteiger partial charge in [0.05, 0.1) is 33.3 Å². The molecule has 0 saturated carbocycles. The normalized spacial score (nSPS) is 14.9. The summed E-state index contributed by atoms with van der Waals surface area (Å²) in [6, 6.07) is 57.4. The van der Waals surface area contributed by atoms with Gasteiger partial charge in [-0.05, 0) is 46.5 Å². The molecular formula is C46H28N4. The quantitative estimate of drug-likeness (QED) is 0.201. The summed E-state index contributed by atoms with van der Waals surface area (Å²) in [7, 11) is 0. The molecule has 0 bridgehead atoms. The number of fused-ring (bicyclic) bond motifs is 14. The Kier molecular flexibility index (Phi) is 5.00. The maximum atomic E-state index is 5.23. The monoisotopic (exact) mass is 636 g/mol. The first kappa shape index (κ1) is 26.3. The van der Waals surface area contributed by atoms with Crippen molar-refractivity contribution < 1.29 is 0 Å². The van der Waals surface area contributed by atoms with Crippen LogP contribution in [-0.4, -0.2) is 14.8 Å². The van der Waals surface area contributed by atoms with E-state index in [9.17, 15) is 0 Å². The van der Waals surface area contributed by atoms with Gasteiger partial charge in [-0.3, -0.25) is 0 Å². The molecule has 4 heterocycles. The standard InChI is InChI=1S/C46H28N4/c1-2-13-29-25-30(22-21-27(29)11-1)45-47-38-18-8-5-16-34(38)46(48-45)50-39-19-9-6-15-32(39)36-26-37-33-24-23-28-12-3-4-14-31(28)42(33)49-40-20-10-7-17-35(40)41(43(37)49)44(36)50/h1-26,46H,(H,47,48). The number of para-hydroxylation sites is 3. The predicted molar refractivity (Wildman–Crippen MR) is 209 cm³/mol. The van der Waals surface area contributed by atoms with E-state index in [2.05, 4.69) is 172 Å². The number of rotatable bonds is 2. The maximum Gasteiger partial charge on any atom is 0.135 e. The van der Waals surface area contributed by atoms with Crippen LogP contribution in [0.15, 0.2) is 163 Å². The Bertz CT molecular complexity index is 3250. The van der Waals surface area contributed by atoms with E-state index < -0.39 is 0 Å². The average molecular weight is 637 g/mol. The third-order valence-electron chi connectivity index (χ3n) is 11.0. The molecule has 232 valence electrons. The molecule has 50 heavy (non-hydrogen) atoms. The molecule has 1 N–H and O–H groups in total. The van der Waals surface area contributed by atoms with Crippen molar-refractivity contribution in [2.75, 3.05) is 0 Å². The minimum atomic E-state index is -0.187. The average Bonchev–Trinajstić information content (AvgIpc) is 3.82.